The highest BCUT2D eigenvalue weighted by molar-refractivity contribution is 5.91. The molecule has 0 aromatic heterocycles. The van der Waals surface area contributed by atoms with Crippen molar-refractivity contribution in [3.05, 3.63) is 107 Å². The summed E-state index contributed by atoms with van der Waals surface area (Å²) in [5.41, 5.74) is 3.01. The standard InChI is InChI=1S/C24H20N2O4/c27-21-15-22(26-21)30-25-16-17-11-13-20(14-12-17)24(28)29-23(18-7-3-1-4-8-18)19-9-5-2-6-10-19/h1-14,16,22-23H,15H2,(H,26,27)/b25-16+. The SMILES string of the molecule is O=C1CC(O/N=C/c2ccc(C(=O)OC(c3ccccc3)c3ccccc3)cc2)N1. The van der Waals surface area contributed by atoms with Crippen LogP contribution in [0.4, 0.5) is 0 Å². The number of β-lactam (4-membered cyclic amide) rings is 1. The van der Waals surface area contributed by atoms with Crippen molar-refractivity contribution in [2.24, 2.45) is 5.16 Å². The number of carbonyl (C=O) groups is 2. The molecule has 1 N–H and O–H groups in total. The molecule has 0 saturated carbocycles. The Morgan fingerprint density at radius 3 is 2.03 bits per heavy atom. The summed E-state index contributed by atoms with van der Waals surface area (Å²) in [5.74, 6) is -0.466. The molecule has 1 fully saturated rings. The molecule has 0 radical (unpaired) electrons. The molecule has 3 aromatic carbocycles. The monoisotopic (exact) mass is 400 g/mol. The summed E-state index contributed by atoms with van der Waals surface area (Å²) in [4.78, 5) is 28.7. The van der Waals surface area contributed by atoms with E-state index in [9.17, 15) is 9.59 Å². The van der Waals surface area contributed by atoms with Gasteiger partial charge >= 0.3 is 5.97 Å². The lowest BCUT2D eigenvalue weighted by Crippen LogP contribution is -2.49. The van der Waals surface area contributed by atoms with Gasteiger partial charge in [-0.3, -0.25) is 4.79 Å². The molecule has 6 nitrogen and oxygen atoms in total. The fourth-order valence-electron chi connectivity index (χ4n) is 3.02. The van der Waals surface area contributed by atoms with E-state index < -0.39 is 12.1 Å². The van der Waals surface area contributed by atoms with Crippen LogP contribution in [0.5, 0.6) is 0 Å². The van der Waals surface area contributed by atoms with E-state index in [1.165, 1.54) is 6.21 Å². The summed E-state index contributed by atoms with van der Waals surface area (Å²) >= 11 is 0. The molecule has 3 aromatic rings. The zero-order chi connectivity index (χ0) is 20.8. The van der Waals surface area contributed by atoms with Crippen LogP contribution in [0.1, 0.15) is 39.6 Å². The third-order valence-corrected chi connectivity index (χ3v) is 4.66. The molecule has 1 aliphatic rings. The third kappa shape index (κ3) is 4.72. The zero-order valence-corrected chi connectivity index (χ0v) is 16.1. The normalized spacial score (nSPS) is 15.5. The molecule has 0 aliphatic carbocycles. The van der Waals surface area contributed by atoms with E-state index in [1.807, 2.05) is 60.7 Å². The maximum atomic E-state index is 12.8. The molecule has 30 heavy (non-hydrogen) atoms. The van der Waals surface area contributed by atoms with Gasteiger partial charge in [-0.2, -0.15) is 0 Å². The lowest BCUT2D eigenvalue weighted by Gasteiger charge is -2.23. The number of ether oxygens (including phenoxy) is 1. The van der Waals surface area contributed by atoms with Crippen molar-refractivity contribution < 1.29 is 19.2 Å². The summed E-state index contributed by atoms with van der Waals surface area (Å²) in [6.07, 6.45) is 0.978. The molecule has 0 bridgehead atoms. The third-order valence-electron chi connectivity index (χ3n) is 4.66. The molecule has 150 valence electrons. The first-order valence-corrected chi connectivity index (χ1v) is 9.58. The summed E-state index contributed by atoms with van der Waals surface area (Å²) in [7, 11) is 0. The van der Waals surface area contributed by atoms with Gasteiger partial charge in [0.15, 0.2) is 6.10 Å². The van der Waals surface area contributed by atoms with Gasteiger partial charge in [0.25, 0.3) is 0 Å². The molecule has 1 aliphatic heterocycles. The first-order valence-electron chi connectivity index (χ1n) is 9.58. The predicted octanol–water partition coefficient (Wildman–Crippen LogP) is 3.83. The number of amides is 1. The number of oxime groups is 1. The van der Waals surface area contributed by atoms with Crippen molar-refractivity contribution in [2.75, 3.05) is 0 Å². The first kappa shape index (κ1) is 19.4. The molecule has 0 spiro atoms. The van der Waals surface area contributed by atoms with Crippen molar-refractivity contribution in [2.45, 2.75) is 18.8 Å². The molecule has 1 unspecified atom stereocenters. The second kappa shape index (κ2) is 9.05. The molecule has 4 rings (SSSR count). The number of nitrogens with zero attached hydrogens (tertiary/aromatic N) is 1. The second-order valence-electron chi connectivity index (χ2n) is 6.83. The topological polar surface area (TPSA) is 77.0 Å². The zero-order valence-electron chi connectivity index (χ0n) is 16.1. The van der Waals surface area contributed by atoms with Gasteiger partial charge in [-0.25, -0.2) is 4.79 Å². The van der Waals surface area contributed by atoms with Crippen molar-refractivity contribution in [3.8, 4) is 0 Å². The van der Waals surface area contributed by atoms with Crippen LogP contribution >= 0.6 is 0 Å². The van der Waals surface area contributed by atoms with Crippen LogP contribution in [-0.4, -0.2) is 24.3 Å². The van der Waals surface area contributed by atoms with Gasteiger partial charge in [0.2, 0.25) is 12.1 Å². The van der Waals surface area contributed by atoms with Gasteiger partial charge < -0.3 is 14.9 Å². The summed E-state index contributed by atoms with van der Waals surface area (Å²) in [5, 5.41) is 6.41. The number of carbonyl (C=O) groups excluding carboxylic acids is 2. The lowest BCUT2D eigenvalue weighted by molar-refractivity contribution is -0.140. The smallest absolute Gasteiger partial charge is 0.339 e. The van der Waals surface area contributed by atoms with Crippen LogP contribution < -0.4 is 5.32 Å². The minimum Gasteiger partial charge on any atom is -0.449 e. The number of nitrogens with one attached hydrogen (secondary N) is 1. The van der Waals surface area contributed by atoms with E-state index in [1.54, 1.807) is 24.3 Å². The van der Waals surface area contributed by atoms with Gasteiger partial charge in [0.05, 0.1) is 18.2 Å². The van der Waals surface area contributed by atoms with E-state index in [4.69, 9.17) is 9.57 Å². The number of hydrogen-bond donors (Lipinski definition) is 1. The van der Waals surface area contributed by atoms with E-state index in [0.717, 1.165) is 16.7 Å². The van der Waals surface area contributed by atoms with Crippen LogP contribution in [0.25, 0.3) is 0 Å². The van der Waals surface area contributed by atoms with Gasteiger partial charge in [-0.15, -0.1) is 0 Å². The maximum Gasteiger partial charge on any atom is 0.339 e. The minimum absolute atomic E-state index is 0.0534. The average molecular weight is 400 g/mol. The largest absolute Gasteiger partial charge is 0.449 e. The number of hydrogen-bond acceptors (Lipinski definition) is 5. The highest BCUT2D eigenvalue weighted by atomic mass is 16.6. The summed E-state index contributed by atoms with van der Waals surface area (Å²) in [6, 6.07) is 26.2. The Labute approximate surface area is 174 Å². The fraction of sp³-hybridized carbons (Fsp3) is 0.125. The van der Waals surface area contributed by atoms with Gasteiger partial charge in [-0.1, -0.05) is 78.0 Å². The summed E-state index contributed by atoms with van der Waals surface area (Å²) in [6.45, 7) is 0. The van der Waals surface area contributed by atoms with Crippen LogP contribution in [0.2, 0.25) is 0 Å². The average Bonchev–Trinajstić information content (AvgIpc) is 2.77. The van der Waals surface area contributed by atoms with Crippen molar-refractivity contribution in [1.82, 2.24) is 5.32 Å². The highest BCUT2D eigenvalue weighted by Gasteiger charge is 2.26. The van der Waals surface area contributed by atoms with Gasteiger partial charge in [-0.05, 0) is 28.8 Å². The molecule has 1 heterocycles. The highest BCUT2D eigenvalue weighted by Crippen LogP contribution is 2.27. The maximum absolute atomic E-state index is 12.8. The Balaban J connectivity index is 1.43. The van der Waals surface area contributed by atoms with E-state index in [2.05, 4.69) is 10.5 Å². The Morgan fingerprint density at radius 1 is 0.933 bits per heavy atom. The summed E-state index contributed by atoms with van der Waals surface area (Å²) < 4.78 is 5.86. The Kier molecular flexibility index (Phi) is 5.85. The number of benzene rings is 3. The Morgan fingerprint density at radius 2 is 1.50 bits per heavy atom. The fourth-order valence-corrected chi connectivity index (χ4v) is 3.02. The number of rotatable bonds is 7. The molecule has 6 heteroatoms. The molecular weight excluding hydrogens is 380 g/mol. The van der Waals surface area contributed by atoms with E-state index in [-0.39, 0.29) is 12.1 Å². The molecule has 1 saturated heterocycles. The van der Waals surface area contributed by atoms with Crippen LogP contribution in [0.3, 0.4) is 0 Å². The molecule has 1 atom stereocenters. The van der Waals surface area contributed by atoms with Crippen molar-refractivity contribution in [3.63, 3.8) is 0 Å². The van der Waals surface area contributed by atoms with Crippen molar-refractivity contribution in [1.29, 1.82) is 0 Å². The van der Waals surface area contributed by atoms with Gasteiger partial charge in [0.1, 0.15) is 0 Å². The minimum atomic E-state index is -0.493. The Bertz CT molecular complexity index is 986. The second-order valence-corrected chi connectivity index (χ2v) is 6.83. The lowest BCUT2D eigenvalue weighted by atomic mass is 10.0. The Hall–Kier alpha value is -3.93. The number of esters is 1. The van der Waals surface area contributed by atoms with Crippen LogP contribution in [0.15, 0.2) is 90.1 Å². The van der Waals surface area contributed by atoms with E-state index in [0.29, 0.717) is 12.0 Å². The first-order chi connectivity index (χ1) is 14.7. The van der Waals surface area contributed by atoms with Crippen LogP contribution in [-0.2, 0) is 14.4 Å². The van der Waals surface area contributed by atoms with Crippen molar-refractivity contribution >= 4 is 18.1 Å². The van der Waals surface area contributed by atoms with Gasteiger partial charge in [0, 0.05) is 0 Å². The predicted molar refractivity (Wildman–Crippen MR) is 112 cm³/mol. The quantitative estimate of drug-likeness (QED) is 0.283. The molecular formula is C24H20N2O4. The van der Waals surface area contributed by atoms with Crippen LogP contribution in [0, 0.1) is 0 Å². The van der Waals surface area contributed by atoms with E-state index >= 15 is 0 Å². The molecule has 1 amide bonds.